The lowest BCUT2D eigenvalue weighted by Gasteiger charge is -2.16. The predicted octanol–water partition coefficient (Wildman–Crippen LogP) is 3.78. The first-order valence-electron chi connectivity index (χ1n) is 7.56. The van der Waals surface area contributed by atoms with Gasteiger partial charge in [-0.25, -0.2) is 0 Å². The van der Waals surface area contributed by atoms with Crippen LogP contribution < -0.4 is 9.47 Å². The Morgan fingerprint density at radius 3 is 2.26 bits per heavy atom. The molecule has 1 aliphatic rings. The first kappa shape index (κ1) is 15.3. The number of fused-ring (bicyclic) bond motifs is 1. The van der Waals surface area contributed by atoms with Gasteiger partial charge < -0.3 is 9.47 Å². The van der Waals surface area contributed by atoms with E-state index >= 15 is 0 Å². The normalized spacial score (nSPS) is 13.6. The molecule has 1 aliphatic heterocycles. The van der Waals surface area contributed by atoms with Gasteiger partial charge >= 0.3 is 0 Å². The smallest absolute Gasteiger partial charge is 0.164 e. The quantitative estimate of drug-likeness (QED) is 0.866. The van der Waals surface area contributed by atoms with Crippen LogP contribution in [0.2, 0.25) is 0 Å². The molecule has 0 saturated carbocycles. The fourth-order valence-electron chi connectivity index (χ4n) is 2.79. The van der Waals surface area contributed by atoms with Crippen molar-refractivity contribution in [1.29, 1.82) is 0 Å². The second-order valence-electron chi connectivity index (χ2n) is 5.65. The van der Waals surface area contributed by atoms with E-state index in [0.29, 0.717) is 6.42 Å². The van der Waals surface area contributed by atoms with Crippen molar-refractivity contribution < 1.29 is 9.47 Å². The minimum absolute atomic E-state index is 0.689. The molecule has 2 aromatic carbocycles. The van der Waals surface area contributed by atoms with Crippen LogP contribution in [0.5, 0.6) is 11.5 Å². The number of benzene rings is 2. The Morgan fingerprint density at radius 1 is 0.870 bits per heavy atom. The molecule has 0 fully saturated rings. The second-order valence-corrected chi connectivity index (χ2v) is 5.65. The third kappa shape index (κ3) is 2.84. The Kier molecular flexibility index (Phi) is 4.15. The molecule has 0 bridgehead atoms. The van der Waals surface area contributed by atoms with Crippen molar-refractivity contribution in [2.24, 2.45) is 10.2 Å². The van der Waals surface area contributed by atoms with E-state index in [1.54, 1.807) is 14.2 Å². The van der Waals surface area contributed by atoms with Gasteiger partial charge in [0.05, 0.1) is 14.2 Å². The van der Waals surface area contributed by atoms with Crippen molar-refractivity contribution in [1.82, 2.24) is 0 Å². The molecule has 0 aliphatic carbocycles. The van der Waals surface area contributed by atoms with Crippen LogP contribution in [-0.2, 0) is 6.42 Å². The molecule has 0 aromatic heterocycles. The lowest BCUT2D eigenvalue weighted by atomic mass is 9.93. The van der Waals surface area contributed by atoms with Crippen molar-refractivity contribution >= 4 is 11.4 Å². The maximum Gasteiger partial charge on any atom is 0.164 e. The summed E-state index contributed by atoms with van der Waals surface area (Å²) in [5.41, 5.74) is 6.16. The summed E-state index contributed by atoms with van der Waals surface area (Å²) in [5, 5.41) is 8.84. The summed E-state index contributed by atoms with van der Waals surface area (Å²) < 4.78 is 11.0. The molecule has 1 heterocycles. The summed E-state index contributed by atoms with van der Waals surface area (Å²) >= 11 is 0. The summed E-state index contributed by atoms with van der Waals surface area (Å²) in [6, 6.07) is 12.3. The van der Waals surface area contributed by atoms with Gasteiger partial charge in [0, 0.05) is 28.8 Å². The van der Waals surface area contributed by atoms with E-state index in [0.717, 1.165) is 39.6 Å². The molecule has 0 unspecified atom stereocenters. The monoisotopic (exact) mass is 308 g/mol. The molecular weight excluding hydrogens is 288 g/mol. The summed E-state index contributed by atoms with van der Waals surface area (Å²) in [6.45, 7) is 4.05. The van der Waals surface area contributed by atoms with Crippen LogP contribution in [0.1, 0.15) is 29.2 Å². The minimum Gasteiger partial charge on any atom is -0.493 e. The fraction of sp³-hybridized carbons (Fsp3) is 0.263. The van der Waals surface area contributed by atoms with Crippen molar-refractivity contribution in [3.8, 4) is 11.5 Å². The molecule has 0 N–H and O–H groups in total. The molecule has 0 radical (unpaired) electrons. The first-order chi connectivity index (χ1) is 11.1. The van der Waals surface area contributed by atoms with Gasteiger partial charge in [-0.15, -0.1) is 5.10 Å². The van der Waals surface area contributed by atoms with E-state index in [1.165, 1.54) is 5.56 Å². The van der Waals surface area contributed by atoms with Crippen molar-refractivity contribution in [3.05, 3.63) is 58.7 Å². The van der Waals surface area contributed by atoms with Crippen molar-refractivity contribution in [2.45, 2.75) is 20.3 Å². The van der Waals surface area contributed by atoms with Gasteiger partial charge in [-0.1, -0.05) is 29.8 Å². The highest BCUT2D eigenvalue weighted by atomic mass is 16.5. The zero-order valence-electron chi connectivity index (χ0n) is 13.9. The number of nitrogens with zero attached hydrogens (tertiary/aromatic N) is 2. The Hall–Kier alpha value is -2.62. The van der Waals surface area contributed by atoms with Crippen molar-refractivity contribution in [3.63, 3.8) is 0 Å². The van der Waals surface area contributed by atoms with E-state index in [4.69, 9.17) is 9.47 Å². The minimum atomic E-state index is 0.689. The van der Waals surface area contributed by atoms with Gasteiger partial charge in [0.1, 0.15) is 5.71 Å². The summed E-state index contributed by atoms with van der Waals surface area (Å²) in [7, 11) is 3.31. The van der Waals surface area contributed by atoms with Crippen LogP contribution in [0, 0.1) is 6.92 Å². The topological polar surface area (TPSA) is 43.2 Å². The number of ether oxygens (including phenoxy) is 2. The Bertz CT molecular complexity index is 790. The Morgan fingerprint density at radius 2 is 1.61 bits per heavy atom. The summed E-state index contributed by atoms with van der Waals surface area (Å²) in [4.78, 5) is 0. The van der Waals surface area contributed by atoms with Gasteiger partial charge in [-0.05, 0) is 26.0 Å². The Balaban J connectivity index is 2.22. The zero-order valence-corrected chi connectivity index (χ0v) is 13.9. The van der Waals surface area contributed by atoms with Crippen LogP contribution in [0.15, 0.2) is 46.6 Å². The number of hydrogen-bond donors (Lipinski definition) is 0. The van der Waals surface area contributed by atoms with E-state index in [1.807, 2.05) is 19.1 Å². The average Bonchev–Trinajstić information content (AvgIpc) is 2.73. The highest BCUT2D eigenvalue weighted by molar-refractivity contribution is 6.15. The number of aryl methyl sites for hydroxylation is 1. The molecule has 118 valence electrons. The first-order valence-corrected chi connectivity index (χ1v) is 7.56. The van der Waals surface area contributed by atoms with Crippen LogP contribution in [0.3, 0.4) is 0 Å². The van der Waals surface area contributed by atoms with E-state index in [2.05, 4.69) is 41.4 Å². The molecule has 0 saturated heterocycles. The summed E-state index contributed by atoms with van der Waals surface area (Å²) in [6.07, 6.45) is 0.689. The van der Waals surface area contributed by atoms with Crippen LogP contribution in [0.25, 0.3) is 0 Å². The third-order valence-corrected chi connectivity index (χ3v) is 3.98. The molecule has 0 spiro atoms. The lowest BCUT2D eigenvalue weighted by molar-refractivity contribution is 0.352. The van der Waals surface area contributed by atoms with Gasteiger partial charge in [0.25, 0.3) is 0 Å². The largest absolute Gasteiger partial charge is 0.493 e. The van der Waals surface area contributed by atoms with Crippen LogP contribution in [-0.4, -0.2) is 25.6 Å². The number of hydrogen-bond acceptors (Lipinski definition) is 4. The highest BCUT2D eigenvalue weighted by Crippen LogP contribution is 2.36. The molecule has 0 atom stereocenters. The molecule has 0 amide bonds. The zero-order chi connectivity index (χ0) is 16.4. The van der Waals surface area contributed by atoms with Crippen LogP contribution >= 0.6 is 0 Å². The molecular formula is C19H20N2O2. The maximum absolute atomic E-state index is 5.61. The summed E-state index contributed by atoms with van der Waals surface area (Å²) in [5.74, 6) is 1.48. The van der Waals surface area contributed by atoms with Gasteiger partial charge in [-0.3, -0.25) is 0 Å². The number of rotatable bonds is 3. The average molecular weight is 308 g/mol. The number of methoxy groups -OCH3 is 2. The molecule has 4 nitrogen and oxygen atoms in total. The maximum atomic E-state index is 5.61. The van der Waals surface area contributed by atoms with Crippen LogP contribution in [0.4, 0.5) is 0 Å². The molecule has 4 heteroatoms. The molecule has 3 rings (SSSR count). The standard InChI is InChI=1S/C19H20N2O2/c1-12-5-7-14(8-6-12)18-15-9-10-17(22-3)19(23-4)16(15)11-13(2)20-21-18/h5-10H,11H2,1-4H3. The molecule has 2 aromatic rings. The van der Waals surface area contributed by atoms with E-state index < -0.39 is 0 Å². The van der Waals surface area contributed by atoms with E-state index in [9.17, 15) is 0 Å². The Labute approximate surface area is 136 Å². The fourth-order valence-corrected chi connectivity index (χ4v) is 2.79. The van der Waals surface area contributed by atoms with Gasteiger partial charge in [0.15, 0.2) is 11.5 Å². The second kappa shape index (κ2) is 6.24. The predicted molar refractivity (Wildman–Crippen MR) is 93.2 cm³/mol. The van der Waals surface area contributed by atoms with Crippen molar-refractivity contribution in [2.75, 3.05) is 14.2 Å². The molecule has 23 heavy (non-hydrogen) atoms. The van der Waals surface area contributed by atoms with Gasteiger partial charge in [0.2, 0.25) is 0 Å². The lowest BCUT2D eigenvalue weighted by Crippen LogP contribution is -2.09. The van der Waals surface area contributed by atoms with Gasteiger partial charge in [-0.2, -0.15) is 5.10 Å². The third-order valence-electron chi connectivity index (χ3n) is 3.98. The SMILES string of the molecule is COc1ccc2c(c1OC)CC(C)=NN=C2c1ccc(C)cc1. The highest BCUT2D eigenvalue weighted by Gasteiger charge is 2.22. The van der Waals surface area contributed by atoms with E-state index in [-0.39, 0.29) is 0 Å².